The number of rotatable bonds is 6. The Bertz CT molecular complexity index is 1470. The summed E-state index contributed by atoms with van der Waals surface area (Å²) in [4.78, 5) is 27.4. The van der Waals surface area contributed by atoms with Crippen LogP contribution in [0.25, 0.3) is 23.0 Å². The summed E-state index contributed by atoms with van der Waals surface area (Å²) < 4.78 is 7.66. The van der Waals surface area contributed by atoms with Gasteiger partial charge < -0.3 is 4.74 Å². The molecule has 0 N–H and O–H groups in total. The highest BCUT2D eigenvalue weighted by atomic mass is 16.5. The van der Waals surface area contributed by atoms with E-state index in [0.717, 1.165) is 27.5 Å². The van der Waals surface area contributed by atoms with Gasteiger partial charge in [0.25, 0.3) is 11.8 Å². The van der Waals surface area contributed by atoms with Crippen molar-refractivity contribution in [3.8, 4) is 28.8 Å². The lowest BCUT2D eigenvalue weighted by Gasteiger charge is -2.30. The standard InChI is InChI=1S/C30H30N4O3/c1-18(2)34-29(35)25(21(6)26(16-31)30(34)36)15-23-17-33(24-10-8-7-9-11-24)32-28(23)22-12-13-27(20(5)14-22)37-19(3)4/h7-15,17-19H,1-6H3/b25-15+. The Morgan fingerprint density at radius 1 is 1.00 bits per heavy atom. The smallest absolute Gasteiger partial charge is 0.271 e. The van der Waals surface area contributed by atoms with Crippen molar-refractivity contribution < 1.29 is 14.3 Å². The molecule has 2 aromatic carbocycles. The topological polar surface area (TPSA) is 88.2 Å². The van der Waals surface area contributed by atoms with E-state index in [9.17, 15) is 14.9 Å². The van der Waals surface area contributed by atoms with Gasteiger partial charge in [0.05, 0.1) is 17.5 Å². The van der Waals surface area contributed by atoms with Crippen LogP contribution < -0.4 is 4.74 Å². The van der Waals surface area contributed by atoms with Gasteiger partial charge in [0.15, 0.2) is 0 Å². The van der Waals surface area contributed by atoms with Crippen LogP contribution in [0.15, 0.2) is 71.4 Å². The molecule has 1 aliphatic rings. The second kappa shape index (κ2) is 10.3. The predicted molar refractivity (Wildman–Crippen MR) is 143 cm³/mol. The number of carbonyl (C=O) groups is 2. The molecule has 3 aromatic rings. The second-order valence-electron chi connectivity index (χ2n) is 9.60. The van der Waals surface area contributed by atoms with Crippen LogP contribution in [0.2, 0.25) is 0 Å². The molecular weight excluding hydrogens is 464 g/mol. The molecule has 37 heavy (non-hydrogen) atoms. The van der Waals surface area contributed by atoms with Gasteiger partial charge in [-0.25, -0.2) is 4.68 Å². The summed E-state index contributed by atoms with van der Waals surface area (Å²) in [5.41, 5.74) is 4.69. The normalized spacial score (nSPS) is 15.2. The Balaban J connectivity index is 1.92. The van der Waals surface area contributed by atoms with E-state index >= 15 is 0 Å². The fourth-order valence-electron chi connectivity index (χ4n) is 4.34. The van der Waals surface area contributed by atoms with Crippen LogP contribution in [-0.2, 0) is 9.59 Å². The third-order valence-corrected chi connectivity index (χ3v) is 6.16. The van der Waals surface area contributed by atoms with Gasteiger partial charge in [-0.15, -0.1) is 0 Å². The van der Waals surface area contributed by atoms with Crippen molar-refractivity contribution >= 4 is 17.9 Å². The van der Waals surface area contributed by atoms with Crippen molar-refractivity contribution in [2.24, 2.45) is 0 Å². The Hall–Kier alpha value is -4.44. The first-order valence-electron chi connectivity index (χ1n) is 12.3. The number of para-hydroxylation sites is 1. The minimum absolute atomic E-state index is 0.0254. The molecule has 0 fully saturated rings. The monoisotopic (exact) mass is 494 g/mol. The van der Waals surface area contributed by atoms with Crippen LogP contribution in [0.3, 0.4) is 0 Å². The van der Waals surface area contributed by atoms with Crippen LogP contribution in [0.1, 0.15) is 45.7 Å². The van der Waals surface area contributed by atoms with Crippen molar-refractivity contribution in [2.75, 3.05) is 0 Å². The number of ether oxygens (including phenoxy) is 1. The Morgan fingerprint density at radius 2 is 1.70 bits per heavy atom. The van der Waals surface area contributed by atoms with E-state index in [1.54, 1.807) is 31.5 Å². The molecular formula is C30H30N4O3. The molecule has 0 spiro atoms. The summed E-state index contributed by atoms with van der Waals surface area (Å²) in [5.74, 6) is -0.187. The van der Waals surface area contributed by atoms with Gasteiger partial charge in [0, 0.05) is 28.9 Å². The first-order chi connectivity index (χ1) is 17.6. The van der Waals surface area contributed by atoms with E-state index < -0.39 is 11.8 Å². The SMILES string of the molecule is CC1=C(C#N)C(=O)N(C(C)C)C(=O)/C1=C/c1cn(-c2ccccc2)nc1-c1ccc(OC(C)C)c(C)c1. The number of hydrogen-bond acceptors (Lipinski definition) is 5. The zero-order valence-electron chi connectivity index (χ0n) is 21.9. The fraction of sp³-hybridized carbons (Fsp3) is 0.267. The fourth-order valence-corrected chi connectivity index (χ4v) is 4.34. The van der Waals surface area contributed by atoms with E-state index in [2.05, 4.69) is 0 Å². The molecule has 0 radical (unpaired) electrons. The average molecular weight is 495 g/mol. The highest BCUT2D eigenvalue weighted by Crippen LogP contribution is 2.33. The van der Waals surface area contributed by atoms with Gasteiger partial charge in [-0.05, 0) is 89.1 Å². The first kappa shape index (κ1) is 25.6. The number of aromatic nitrogens is 2. The molecule has 188 valence electrons. The van der Waals surface area contributed by atoms with Gasteiger partial charge in [0.2, 0.25) is 0 Å². The van der Waals surface area contributed by atoms with Gasteiger partial charge in [-0.1, -0.05) is 18.2 Å². The molecule has 0 atom stereocenters. The molecule has 0 unspecified atom stereocenters. The number of imide groups is 1. The lowest BCUT2D eigenvalue weighted by Crippen LogP contribution is -2.46. The quantitative estimate of drug-likeness (QED) is 0.327. The number of hydrogen-bond donors (Lipinski definition) is 0. The maximum Gasteiger partial charge on any atom is 0.271 e. The molecule has 2 heterocycles. The summed E-state index contributed by atoms with van der Waals surface area (Å²) >= 11 is 0. The Morgan fingerprint density at radius 3 is 2.30 bits per heavy atom. The molecule has 1 aliphatic heterocycles. The summed E-state index contributed by atoms with van der Waals surface area (Å²) in [6.07, 6.45) is 3.64. The summed E-state index contributed by atoms with van der Waals surface area (Å²) in [5, 5.41) is 14.5. The molecule has 0 saturated heterocycles. The average Bonchev–Trinajstić information content (AvgIpc) is 3.27. The molecule has 1 aromatic heterocycles. The molecule has 7 heteroatoms. The van der Waals surface area contributed by atoms with E-state index in [1.165, 1.54) is 0 Å². The highest BCUT2D eigenvalue weighted by Gasteiger charge is 2.37. The van der Waals surface area contributed by atoms with Crippen molar-refractivity contribution in [1.29, 1.82) is 5.26 Å². The van der Waals surface area contributed by atoms with Crippen LogP contribution >= 0.6 is 0 Å². The van der Waals surface area contributed by atoms with Gasteiger partial charge in [-0.3, -0.25) is 14.5 Å². The van der Waals surface area contributed by atoms with Crippen LogP contribution in [-0.4, -0.2) is 38.6 Å². The zero-order chi connectivity index (χ0) is 26.9. The summed E-state index contributed by atoms with van der Waals surface area (Å²) in [6.45, 7) is 11.1. The third kappa shape index (κ3) is 4.96. The van der Waals surface area contributed by atoms with Gasteiger partial charge >= 0.3 is 0 Å². The van der Waals surface area contributed by atoms with Crippen molar-refractivity contribution in [3.63, 3.8) is 0 Å². The van der Waals surface area contributed by atoms with E-state index in [-0.39, 0.29) is 17.7 Å². The minimum atomic E-state index is -0.561. The Kier molecular flexibility index (Phi) is 7.12. The number of nitriles is 1. The number of nitrogens with zero attached hydrogens (tertiary/aromatic N) is 4. The zero-order valence-corrected chi connectivity index (χ0v) is 21.9. The maximum atomic E-state index is 13.4. The Labute approximate surface area is 217 Å². The second-order valence-corrected chi connectivity index (χ2v) is 9.60. The third-order valence-electron chi connectivity index (χ3n) is 6.16. The van der Waals surface area contributed by atoms with E-state index in [4.69, 9.17) is 9.84 Å². The number of aryl methyl sites for hydroxylation is 1. The first-order valence-corrected chi connectivity index (χ1v) is 12.3. The number of carbonyl (C=O) groups excluding carboxylic acids is 2. The molecule has 7 nitrogen and oxygen atoms in total. The van der Waals surface area contributed by atoms with Crippen molar-refractivity contribution in [1.82, 2.24) is 14.7 Å². The predicted octanol–water partition coefficient (Wildman–Crippen LogP) is 5.64. The minimum Gasteiger partial charge on any atom is -0.491 e. The van der Waals surface area contributed by atoms with Crippen molar-refractivity contribution in [3.05, 3.63) is 82.6 Å². The largest absolute Gasteiger partial charge is 0.491 e. The van der Waals surface area contributed by atoms with Crippen molar-refractivity contribution in [2.45, 2.75) is 53.7 Å². The maximum absolute atomic E-state index is 13.4. The van der Waals surface area contributed by atoms with Crippen LogP contribution in [0.5, 0.6) is 5.75 Å². The van der Waals surface area contributed by atoms with E-state index in [0.29, 0.717) is 22.4 Å². The molecule has 4 rings (SSSR count). The molecule has 0 aliphatic carbocycles. The highest BCUT2D eigenvalue weighted by molar-refractivity contribution is 6.20. The molecule has 0 saturated carbocycles. The number of benzene rings is 2. The molecule has 0 bridgehead atoms. The lowest BCUT2D eigenvalue weighted by atomic mass is 9.92. The van der Waals surface area contributed by atoms with Gasteiger partial charge in [0.1, 0.15) is 17.4 Å². The summed E-state index contributed by atoms with van der Waals surface area (Å²) in [6, 6.07) is 17.2. The summed E-state index contributed by atoms with van der Waals surface area (Å²) in [7, 11) is 0. The molecule has 2 amide bonds. The van der Waals surface area contributed by atoms with Crippen LogP contribution in [0.4, 0.5) is 0 Å². The van der Waals surface area contributed by atoms with Gasteiger partial charge in [-0.2, -0.15) is 10.4 Å². The number of amides is 2. The van der Waals surface area contributed by atoms with E-state index in [1.807, 2.05) is 81.6 Å². The van der Waals surface area contributed by atoms with Crippen LogP contribution in [0, 0.1) is 18.3 Å². The lowest BCUT2D eigenvalue weighted by molar-refractivity contribution is -0.142.